The fraction of sp³-hybridized carbons (Fsp3) is 0.526. The Morgan fingerprint density at radius 2 is 2.00 bits per heavy atom. The Bertz CT molecular complexity index is 688. The first-order valence-corrected chi connectivity index (χ1v) is 8.97. The van der Waals surface area contributed by atoms with Crippen LogP contribution in [0.5, 0.6) is 0 Å². The van der Waals surface area contributed by atoms with Crippen LogP contribution < -0.4 is 10.2 Å². The Balaban J connectivity index is 1.76. The summed E-state index contributed by atoms with van der Waals surface area (Å²) in [6.07, 6.45) is 2.15. The van der Waals surface area contributed by atoms with Crippen LogP contribution in [0.15, 0.2) is 24.3 Å². The van der Waals surface area contributed by atoms with E-state index in [-0.39, 0.29) is 23.6 Å². The molecule has 6 heteroatoms. The third kappa shape index (κ3) is 3.38. The molecule has 0 bridgehead atoms. The second kappa shape index (κ2) is 7.25. The van der Waals surface area contributed by atoms with Gasteiger partial charge in [0.25, 0.3) is 0 Å². The Morgan fingerprint density at radius 1 is 1.24 bits per heavy atom. The lowest BCUT2D eigenvalue weighted by molar-refractivity contribution is -0.138. The van der Waals surface area contributed by atoms with Crippen molar-refractivity contribution in [3.05, 3.63) is 29.8 Å². The van der Waals surface area contributed by atoms with E-state index in [1.807, 2.05) is 31.2 Å². The molecule has 1 N–H and O–H groups in total. The van der Waals surface area contributed by atoms with Gasteiger partial charge in [0.1, 0.15) is 6.04 Å². The van der Waals surface area contributed by atoms with Gasteiger partial charge in [-0.1, -0.05) is 18.2 Å². The van der Waals surface area contributed by atoms with E-state index in [2.05, 4.69) is 5.32 Å². The number of piperidine rings is 1. The molecule has 25 heavy (non-hydrogen) atoms. The van der Waals surface area contributed by atoms with Crippen LogP contribution in [0.2, 0.25) is 0 Å². The molecular weight excluding hydrogens is 318 g/mol. The highest BCUT2D eigenvalue weighted by atomic mass is 16.2. The van der Waals surface area contributed by atoms with E-state index in [0.717, 1.165) is 24.1 Å². The van der Waals surface area contributed by atoms with E-state index < -0.39 is 6.04 Å². The van der Waals surface area contributed by atoms with Gasteiger partial charge < -0.3 is 10.2 Å². The van der Waals surface area contributed by atoms with Crippen molar-refractivity contribution < 1.29 is 14.4 Å². The maximum atomic E-state index is 13.1. The standard InChI is InChI=1S/C19H25N3O3/c1-3-20-18(24)15-8-6-10-21(12-15)19(25)17-11-14-7-4-5-9-16(14)22(17)13(2)23/h4-5,7,9,15,17H,3,6,8,10-12H2,1-2H3,(H,20,24)/t15?,17-/m0/s1. The Labute approximate surface area is 148 Å². The lowest BCUT2D eigenvalue weighted by Crippen LogP contribution is -2.53. The van der Waals surface area contributed by atoms with E-state index in [1.54, 1.807) is 9.80 Å². The average molecular weight is 343 g/mol. The van der Waals surface area contributed by atoms with Gasteiger partial charge in [-0.3, -0.25) is 19.3 Å². The molecule has 1 aromatic rings. The van der Waals surface area contributed by atoms with Crippen LogP contribution in [0.1, 0.15) is 32.3 Å². The van der Waals surface area contributed by atoms with Crippen LogP contribution in [0.3, 0.4) is 0 Å². The monoisotopic (exact) mass is 343 g/mol. The lowest BCUT2D eigenvalue weighted by Gasteiger charge is -2.35. The highest BCUT2D eigenvalue weighted by Gasteiger charge is 2.40. The molecule has 2 aliphatic rings. The molecule has 0 aromatic heterocycles. The maximum Gasteiger partial charge on any atom is 0.246 e. The predicted molar refractivity (Wildman–Crippen MR) is 95.1 cm³/mol. The topological polar surface area (TPSA) is 69.7 Å². The van der Waals surface area contributed by atoms with Crippen LogP contribution in [-0.4, -0.2) is 48.3 Å². The number of benzene rings is 1. The molecule has 3 rings (SSSR count). The third-order valence-corrected chi connectivity index (χ3v) is 5.06. The molecule has 0 aliphatic carbocycles. The van der Waals surface area contributed by atoms with Crippen molar-refractivity contribution in [1.82, 2.24) is 10.2 Å². The first-order chi connectivity index (χ1) is 12.0. The number of nitrogens with one attached hydrogen (secondary N) is 1. The summed E-state index contributed by atoms with van der Waals surface area (Å²) in [7, 11) is 0. The van der Waals surface area contributed by atoms with Gasteiger partial charge in [0.15, 0.2) is 0 Å². The van der Waals surface area contributed by atoms with Crippen LogP contribution in [-0.2, 0) is 20.8 Å². The molecule has 1 saturated heterocycles. The first kappa shape index (κ1) is 17.5. The molecule has 6 nitrogen and oxygen atoms in total. The SMILES string of the molecule is CCNC(=O)C1CCCN(C(=O)[C@@H]2Cc3ccccc3N2C(C)=O)C1. The van der Waals surface area contributed by atoms with Crippen LogP contribution >= 0.6 is 0 Å². The molecule has 1 unspecified atom stereocenters. The number of rotatable bonds is 3. The molecule has 2 atom stereocenters. The molecule has 2 aliphatic heterocycles. The molecule has 1 fully saturated rings. The van der Waals surface area contributed by atoms with Crippen molar-refractivity contribution in [3.63, 3.8) is 0 Å². The number of amides is 3. The van der Waals surface area contributed by atoms with Crippen molar-refractivity contribution >= 4 is 23.4 Å². The van der Waals surface area contributed by atoms with E-state index in [4.69, 9.17) is 0 Å². The molecule has 2 heterocycles. The van der Waals surface area contributed by atoms with Crippen LogP contribution in [0, 0.1) is 5.92 Å². The molecular formula is C19H25N3O3. The number of nitrogens with zero attached hydrogens (tertiary/aromatic N) is 2. The minimum absolute atomic E-state index is 0.0122. The summed E-state index contributed by atoms with van der Waals surface area (Å²) in [5.74, 6) is -0.327. The van der Waals surface area contributed by atoms with Gasteiger partial charge in [0.05, 0.1) is 5.92 Å². The van der Waals surface area contributed by atoms with Crippen molar-refractivity contribution in [1.29, 1.82) is 0 Å². The van der Waals surface area contributed by atoms with Gasteiger partial charge >= 0.3 is 0 Å². The number of carbonyl (C=O) groups excluding carboxylic acids is 3. The van der Waals surface area contributed by atoms with E-state index >= 15 is 0 Å². The van der Waals surface area contributed by atoms with Gasteiger partial charge in [0.2, 0.25) is 17.7 Å². The smallest absolute Gasteiger partial charge is 0.246 e. The summed E-state index contributed by atoms with van der Waals surface area (Å²) >= 11 is 0. The minimum Gasteiger partial charge on any atom is -0.356 e. The number of hydrogen-bond acceptors (Lipinski definition) is 3. The molecule has 134 valence electrons. The fourth-order valence-electron chi connectivity index (χ4n) is 3.89. The number of carbonyl (C=O) groups is 3. The Kier molecular flexibility index (Phi) is 5.06. The van der Waals surface area contributed by atoms with Crippen molar-refractivity contribution in [3.8, 4) is 0 Å². The number of likely N-dealkylation sites (tertiary alicyclic amines) is 1. The molecule has 3 amide bonds. The van der Waals surface area contributed by atoms with Gasteiger partial charge in [-0.2, -0.15) is 0 Å². The Hall–Kier alpha value is -2.37. The summed E-state index contributed by atoms with van der Waals surface area (Å²) in [6, 6.07) is 7.16. The van der Waals surface area contributed by atoms with Crippen molar-refractivity contribution in [2.75, 3.05) is 24.5 Å². The van der Waals surface area contributed by atoms with E-state index in [1.165, 1.54) is 6.92 Å². The minimum atomic E-state index is -0.497. The highest BCUT2D eigenvalue weighted by Crippen LogP contribution is 2.33. The van der Waals surface area contributed by atoms with Crippen molar-refractivity contribution in [2.24, 2.45) is 5.92 Å². The van der Waals surface area contributed by atoms with E-state index in [9.17, 15) is 14.4 Å². The van der Waals surface area contributed by atoms with E-state index in [0.29, 0.717) is 26.1 Å². The highest BCUT2D eigenvalue weighted by molar-refractivity contribution is 6.02. The van der Waals surface area contributed by atoms with Crippen molar-refractivity contribution in [2.45, 2.75) is 39.2 Å². The largest absolute Gasteiger partial charge is 0.356 e. The zero-order chi connectivity index (χ0) is 18.0. The van der Waals surface area contributed by atoms with Gasteiger partial charge in [-0.25, -0.2) is 0 Å². The Morgan fingerprint density at radius 3 is 2.72 bits per heavy atom. The van der Waals surface area contributed by atoms with Crippen LogP contribution in [0.4, 0.5) is 5.69 Å². The number of anilines is 1. The van der Waals surface area contributed by atoms with Gasteiger partial charge in [0, 0.05) is 38.7 Å². The molecule has 0 spiro atoms. The zero-order valence-electron chi connectivity index (χ0n) is 14.8. The summed E-state index contributed by atoms with van der Waals surface area (Å²) in [5, 5.41) is 2.84. The maximum absolute atomic E-state index is 13.1. The lowest BCUT2D eigenvalue weighted by atomic mass is 9.96. The van der Waals surface area contributed by atoms with Gasteiger partial charge in [-0.05, 0) is 31.4 Å². The van der Waals surface area contributed by atoms with Gasteiger partial charge in [-0.15, -0.1) is 0 Å². The third-order valence-electron chi connectivity index (χ3n) is 5.06. The second-order valence-electron chi connectivity index (χ2n) is 6.76. The number of para-hydroxylation sites is 1. The second-order valence-corrected chi connectivity index (χ2v) is 6.76. The zero-order valence-corrected chi connectivity index (χ0v) is 14.8. The summed E-state index contributed by atoms with van der Waals surface area (Å²) in [5.41, 5.74) is 1.85. The molecule has 0 radical (unpaired) electrons. The first-order valence-electron chi connectivity index (χ1n) is 8.97. The summed E-state index contributed by atoms with van der Waals surface area (Å²) in [6.45, 7) is 5.07. The average Bonchev–Trinajstić information content (AvgIpc) is 3.01. The summed E-state index contributed by atoms with van der Waals surface area (Å²) < 4.78 is 0. The normalized spacial score (nSPS) is 22.5. The number of fused-ring (bicyclic) bond motifs is 1. The summed E-state index contributed by atoms with van der Waals surface area (Å²) in [4.78, 5) is 40.8. The molecule has 0 saturated carbocycles. The molecule has 1 aromatic carbocycles. The quantitative estimate of drug-likeness (QED) is 0.900. The number of hydrogen-bond donors (Lipinski definition) is 1. The fourth-order valence-corrected chi connectivity index (χ4v) is 3.89. The predicted octanol–water partition coefficient (Wildman–Crippen LogP) is 1.34. The van der Waals surface area contributed by atoms with Crippen LogP contribution in [0.25, 0.3) is 0 Å².